The highest BCUT2D eigenvalue weighted by Gasteiger charge is 2.25. The Bertz CT molecular complexity index is 486. The second-order valence-corrected chi connectivity index (χ2v) is 3.36. The molecule has 17 heavy (non-hydrogen) atoms. The summed E-state index contributed by atoms with van der Waals surface area (Å²) in [5, 5.41) is 10.5. The number of nitrogens with zero attached hydrogens (tertiary/aromatic N) is 1. The van der Waals surface area contributed by atoms with Crippen LogP contribution in [-0.2, 0) is 4.74 Å². The number of hydrogen-bond donors (Lipinski definition) is 0. The van der Waals surface area contributed by atoms with Crippen LogP contribution in [0.4, 0.5) is 5.69 Å². The van der Waals surface area contributed by atoms with E-state index in [9.17, 15) is 19.7 Å². The van der Waals surface area contributed by atoms with Crippen molar-refractivity contribution in [2.75, 3.05) is 6.61 Å². The summed E-state index contributed by atoms with van der Waals surface area (Å²) in [5.74, 6) is -0.797. The lowest BCUT2D eigenvalue weighted by Gasteiger charge is -2.05. The summed E-state index contributed by atoms with van der Waals surface area (Å²) >= 11 is 5.60. The molecule has 0 heterocycles. The van der Waals surface area contributed by atoms with Gasteiger partial charge in [-0.05, 0) is 19.1 Å². The molecular weight excluding hydrogens is 250 g/mol. The topological polar surface area (TPSA) is 86.5 Å². The van der Waals surface area contributed by atoms with Crippen LogP contribution in [0.1, 0.15) is 27.6 Å². The number of benzene rings is 1. The fourth-order valence-corrected chi connectivity index (χ4v) is 1.51. The summed E-state index contributed by atoms with van der Waals surface area (Å²) in [4.78, 5) is 32.2. The predicted molar refractivity (Wildman–Crippen MR) is 59.5 cm³/mol. The van der Waals surface area contributed by atoms with Crippen molar-refractivity contribution >= 4 is 29.5 Å². The highest BCUT2D eigenvalue weighted by atomic mass is 35.5. The first kappa shape index (κ1) is 13.1. The largest absolute Gasteiger partial charge is 0.462 e. The number of carbonyl (C=O) groups is 2. The zero-order valence-electron chi connectivity index (χ0n) is 8.81. The minimum atomic E-state index is -0.811. The zero-order chi connectivity index (χ0) is 13.0. The van der Waals surface area contributed by atoms with E-state index in [0.29, 0.717) is 0 Å². The van der Waals surface area contributed by atoms with Crippen LogP contribution in [0.3, 0.4) is 0 Å². The molecule has 7 heteroatoms. The normalized spacial score (nSPS) is 9.76. The second kappa shape index (κ2) is 5.40. The zero-order valence-corrected chi connectivity index (χ0v) is 9.56. The Kier molecular flexibility index (Phi) is 4.17. The molecule has 1 rings (SSSR count). The number of rotatable bonds is 4. The predicted octanol–water partition coefficient (Wildman–Crippen LogP) is 2.24. The van der Waals surface area contributed by atoms with Gasteiger partial charge in [0.25, 0.3) is 5.69 Å². The number of ether oxygens (including phenoxy) is 1. The van der Waals surface area contributed by atoms with Gasteiger partial charge in [0.1, 0.15) is 10.6 Å². The van der Waals surface area contributed by atoms with E-state index in [-0.39, 0.29) is 29.0 Å². The van der Waals surface area contributed by atoms with Crippen molar-refractivity contribution < 1.29 is 19.2 Å². The molecule has 0 spiro atoms. The van der Waals surface area contributed by atoms with E-state index in [2.05, 4.69) is 4.74 Å². The van der Waals surface area contributed by atoms with E-state index < -0.39 is 16.6 Å². The van der Waals surface area contributed by atoms with Crippen molar-refractivity contribution in [3.63, 3.8) is 0 Å². The monoisotopic (exact) mass is 257 g/mol. The molecule has 0 bridgehead atoms. The average molecular weight is 258 g/mol. The molecule has 0 aliphatic rings. The third kappa shape index (κ3) is 2.59. The van der Waals surface area contributed by atoms with Gasteiger partial charge < -0.3 is 4.74 Å². The first-order valence-corrected chi connectivity index (χ1v) is 4.99. The van der Waals surface area contributed by atoms with Gasteiger partial charge in [0.2, 0.25) is 0 Å². The van der Waals surface area contributed by atoms with E-state index in [4.69, 9.17) is 11.6 Å². The molecule has 90 valence electrons. The highest BCUT2D eigenvalue weighted by molar-refractivity contribution is 6.33. The number of nitro groups is 1. The Morgan fingerprint density at radius 3 is 2.71 bits per heavy atom. The molecule has 0 radical (unpaired) electrons. The van der Waals surface area contributed by atoms with Crippen molar-refractivity contribution in [2.24, 2.45) is 0 Å². The molecule has 0 amide bonds. The van der Waals surface area contributed by atoms with Crippen molar-refractivity contribution in [1.29, 1.82) is 0 Å². The van der Waals surface area contributed by atoms with Gasteiger partial charge in [0.15, 0.2) is 6.29 Å². The third-order valence-electron chi connectivity index (χ3n) is 1.96. The molecule has 0 aliphatic carbocycles. The van der Waals surface area contributed by atoms with Gasteiger partial charge in [-0.2, -0.15) is 0 Å². The molecule has 0 aromatic heterocycles. The van der Waals surface area contributed by atoms with Crippen molar-refractivity contribution in [3.8, 4) is 0 Å². The average Bonchev–Trinajstić information content (AvgIpc) is 2.27. The lowest BCUT2D eigenvalue weighted by Crippen LogP contribution is -2.10. The first-order valence-electron chi connectivity index (χ1n) is 4.62. The number of hydrogen-bond acceptors (Lipinski definition) is 5. The van der Waals surface area contributed by atoms with Crippen LogP contribution in [0.2, 0.25) is 5.02 Å². The number of halogens is 1. The lowest BCUT2D eigenvalue weighted by atomic mass is 10.1. The summed E-state index contributed by atoms with van der Waals surface area (Å²) in [6, 6.07) is 2.40. The Morgan fingerprint density at radius 1 is 1.59 bits per heavy atom. The maximum absolute atomic E-state index is 11.5. The van der Waals surface area contributed by atoms with Crippen LogP contribution >= 0.6 is 11.6 Å². The van der Waals surface area contributed by atoms with Gasteiger partial charge in [-0.25, -0.2) is 4.79 Å². The van der Waals surface area contributed by atoms with Crippen molar-refractivity contribution in [2.45, 2.75) is 6.92 Å². The van der Waals surface area contributed by atoms with Gasteiger partial charge in [-0.3, -0.25) is 14.9 Å². The Hall–Kier alpha value is -1.95. The fourth-order valence-electron chi connectivity index (χ4n) is 1.27. The van der Waals surface area contributed by atoms with Crippen LogP contribution in [0.5, 0.6) is 0 Å². The van der Waals surface area contributed by atoms with Crippen molar-refractivity contribution in [1.82, 2.24) is 0 Å². The van der Waals surface area contributed by atoms with Crippen molar-refractivity contribution in [3.05, 3.63) is 38.4 Å². The number of nitro benzene ring substituents is 1. The van der Waals surface area contributed by atoms with Crippen LogP contribution < -0.4 is 0 Å². The smallest absolute Gasteiger partial charge is 0.339 e. The number of aldehydes is 1. The lowest BCUT2D eigenvalue weighted by molar-refractivity contribution is -0.384. The van der Waals surface area contributed by atoms with E-state index in [0.717, 1.165) is 0 Å². The van der Waals surface area contributed by atoms with Gasteiger partial charge in [0, 0.05) is 0 Å². The molecule has 0 saturated carbocycles. The SMILES string of the molecule is CCOC(=O)c1ccc(Cl)c([N+](=O)[O-])c1C=O. The summed E-state index contributed by atoms with van der Waals surface area (Å²) in [6.45, 7) is 1.69. The van der Waals surface area contributed by atoms with Crippen LogP contribution in [0, 0.1) is 10.1 Å². The maximum atomic E-state index is 11.5. The van der Waals surface area contributed by atoms with Gasteiger partial charge in [-0.15, -0.1) is 0 Å². The molecule has 1 aromatic rings. The standard InChI is InChI=1S/C10H8ClNO5/c1-2-17-10(14)6-3-4-8(11)9(12(15)16)7(6)5-13/h3-5H,2H2,1H3. The second-order valence-electron chi connectivity index (χ2n) is 2.95. The van der Waals surface area contributed by atoms with E-state index in [1.165, 1.54) is 12.1 Å². The molecule has 0 N–H and O–H groups in total. The van der Waals surface area contributed by atoms with Crippen LogP contribution in [0.25, 0.3) is 0 Å². The molecule has 0 aliphatic heterocycles. The third-order valence-corrected chi connectivity index (χ3v) is 2.27. The highest BCUT2D eigenvalue weighted by Crippen LogP contribution is 2.30. The van der Waals surface area contributed by atoms with Crippen LogP contribution in [0.15, 0.2) is 12.1 Å². The molecule has 6 nitrogen and oxygen atoms in total. The Balaban J connectivity index is 3.43. The molecular formula is C10H8ClNO5. The summed E-state index contributed by atoms with van der Waals surface area (Å²) in [5.41, 5.74) is -1.13. The Morgan fingerprint density at radius 2 is 2.24 bits per heavy atom. The van der Waals surface area contributed by atoms with E-state index in [1.807, 2.05) is 0 Å². The molecule has 0 saturated heterocycles. The van der Waals surface area contributed by atoms with E-state index in [1.54, 1.807) is 6.92 Å². The van der Waals surface area contributed by atoms with Gasteiger partial charge >= 0.3 is 5.97 Å². The van der Waals surface area contributed by atoms with Crippen LogP contribution in [-0.4, -0.2) is 23.8 Å². The fraction of sp³-hybridized carbons (Fsp3) is 0.200. The van der Waals surface area contributed by atoms with E-state index >= 15 is 0 Å². The molecule has 1 aromatic carbocycles. The summed E-state index contributed by atoms with van der Waals surface area (Å²) < 4.78 is 4.68. The van der Waals surface area contributed by atoms with Gasteiger partial charge in [0.05, 0.1) is 17.1 Å². The first-order chi connectivity index (χ1) is 8.02. The van der Waals surface area contributed by atoms with Gasteiger partial charge in [-0.1, -0.05) is 11.6 Å². The maximum Gasteiger partial charge on any atom is 0.339 e. The molecule has 0 fully saturated rings. The molecule has 0 unspecified atom stereocenters. The molecule has 0 atom stereocenters. The Labute approximate surface area is 101 Å². The summed E-state index contributed by atoms with van der Waals surface area (Å²) in [7, 11) is 0. The quantitative estimate of drug-likeness (QED) is 0.357. The minimum Gasteiger partial charge on any atom is -0.462 e. The summed E-state index contributed by atoms with van der Waals surface area (Å²) in [6.07, 6.45) is 0.219. The number of carbonyl (C=O) groups excluding carboxylic acids is 2. The number of esters is 1. The minimum absolute atomic E-state index is 0.105.